The number of halogens is 4. The number of amides is 1. The molecule has 1 aromatic carbocycles. The Hall–Kier alpha value is -2.35. The predicted octanol–water partition coefficient (Wildman–Crippen LogP) is 4.61. The minimum atomic E-state index is -4.52. The minimum absolute atomic E-state index is 0.0973. The summed E-state index contributed by atoms with van der Waals surface area (Å²) in [5.74, 6) is -0.0973. The van der Waals surface area contributed by atoms with Crippen molar-refractivity contribution in [3.8, 4) is 5.69 Å². The third kappa shape index (κ3) is 2.52. The summed E-state index contributed by atoms with van der Waals surface area (Å²) in [6.45, 7) is 1.80. The lowest BCUT2D eigenvalue weighted by molar-refractivity contribution is -0.141. The minimum Gasteiger partial charge on any atom is -0.326 e. The van der Waals surface area contributed by atoms with Gasteiger partial charge < -0.3 is 5.32 Å². The first-order chi connectivity index (χ1) is 11.8. The van der Waals surface area contributed by atoms with Gasteiger partial charge in [0.1, 0.15) is 11.3 Å². The molecule has 25 heavy (non-hydrogen) atoms. The van der Waals surface area contributed by atoms with Crippen LogP contribution in [0.25, 0.3) is 16.7 Å². The van der Waals surface area contributed by atoms with Gasteiger partial charge in [0, 0.05) is 26.9 Å². The van der Waals surface area contributed by atoms with Crippen molar-refractivity contribution in [3.05, 3.63) is 51.8 Å². The van der Waals surface area contributed by atoms with E-state index >= 15 is 0 Å². The molecule has 1 aliphatic rings. The predicted molar refractivity (Wildman–Crippen MR) is 90.8 cm³/mol. The molecule has 1 aliphatic heterocycles. The Morgan fingerprint density at radius 3 is 2.72 bits per heavy atom. The number of hydrogen-bond donors (Lipinski definition) is 1. The summed E-state index contributed by atoms with van der Waals surface area (Å²) in [5.41, 5.74) is 2.22. The fraction of sp³-hybridized carbons (Fsp3) is 0.176. The van der Waals surface area contributed by atoms with Crippen LogP contribution in [0.4, 0.5) is 18.9 Å². The van der Waals surface area contributed by atoms with Crippen LogP contribution in [0.2, 0.25) is 0 Å². The number of rotatable bonds is 1. The number of pyridine rings is 1. The topological polar surface area (TPSA) is 46.9 Å². The van der Waals surface area contributed by atoms with Gasteiger partial charge in [-0.3, -0.25) is 9.36 Å². The summed E-state index contributed by atoms with van der Waals surface area (Å²) >= 11 is 3.44. The summed E-state index contributed by atoms with van der Waals surface area (Å²) in [4.78, 5) is 15.4. The monoisotopic (exact) mass is 409 g/mol. The molecule has 0 spiro atoms. The molecule has 0 bridgehead atoms. The van der Waals surface area contributed by atoms with Crippen molar-refractivity contribution >= 4 is 38.6 Å². The van der Waals surface area contributed by atoms with Crippen LogP contribution in [0.3, 0.4) is 0 Å². The zero-order valence-corrected chi connectivity index (χ0v) is 14.5. The van der Waals surface area contributed by atoms with E-state index in [-0.39, 0.29) is 18.0 Å². The molecule has 0 saturated carbocycles. The number of anilines is 1. The van der Waals surface area contributed by atoms with E-state index in [2.05, 4.69) is 26.2 Å². The summed E-state index contributed by atoms with van der Waals surface area (Å²) in [6, 6.07) is 7.70. The SMILES string of the molecule is Cc1c(Br)c2ccc(C(F)(F)F)nc2n1-c1ccc2c(c1)CC(=O)N2. The third-order valence-electron chi connectivity index (χ3n) is 4.24. The first-order valence-corrected chi connectivity index (χ1v) is 8.23. The number of nitrogens with one attached hydrogen (secondary N) is 1. The van der Waals surface area contributed by atoms with Crippen molar-refractivity contribution in [1.29, 1.82) is 0 Å². The molecule has 0 saturated heterocycles. The maximum Gasteiger partial charge on any atom is 0.433 e. The first kappa shape index (κ1) is 16.1. The second-order valence-electron chi connectivity index (χ2n) is 5.87. The Kier molecular flexibility index (Phi) is 3.44. The standard InChI is InChI=1S/C17H11BrF3N3O/c1-8-15(18)11-3-5-13(17(19,20)21)23-16(11)24(8)10-2-4-12-9(6-10)7-14(25)22-12/h2-6H,7H2,1H3,(H,22,25). The van der Waals surface area contributed by atoms with Crippen LogP contribution in [0.15, 0.2) is 34.8 Å². The lowest BCUT2D eigenvalue weighted by Gasteiger charge is -2.11. The first-order valence-electron chi connectivity index (χ1n) is 7.43. The molecule has 4 nitrogen and oxygen atoms in total. The van der Waals surface area contributed by atoms with E-state index in [1.165, 1.54) is 6.07 Å². The maximum atomic E-state index is 13.1. The number of carbonyl (C=O) groups is 1. The van der Waals surface area contributed by atoms with E-state index in [9.17, 15) is 18.0 Å². The van der Waals surface area contributed by atoms with Gasteiger partial charge in [0.15, 0.2) is 0 Å². The summed E-state index contributed by atoms with van der Waals surface area (Å²) in [6.07, 6.45) is -4.26. The smallest absolute Gasteiger partial charge is 0.326 e. The van der Waals surface area contributed by atoms with Crippen molar-refractivity contribution in [2.75, 3.05) is 5.32 Å². The highest BCUT2D eigenvalue weighted by atomic mass is 79.9. The molecule has 1 N–H and O–H groups in total. The molecule has 128 valence electrons. The molecule has 0 fully saturated rings. The molecule has 3 aromatic rings. The molecule has 1 amide bonds. The summed E-state index contributed by atoms with van der Waals surface area (Å²) < 4.78 is 41.5. The second kappa shape index (κ2) is 5.32. The Morgan fingerprint density at radius 2 is 2.00 bits per heavy atom. The average molecular weight is 410 g/mol. The van der Waals surface area contributed by atoms with Crippen LogP contribution in [0, 0.1) is 6.92 Å². The number of hydrogen-bond acceptors (Lipinski definition) is 2. The van der Waals surface area contributed by atoms with E-state index in [0.29, 0.717) is 15.5 Å². The van der Waals surface area contributed by atoms with Gasteiger partial charge in [-0.1, -0.05) is 0 Å². The van der Waals surface area contributed by atoms with Gasteiger partial charge in [-0.15, -0.1) is 0 Å². The quantitative estimate of drug-likeness (QED) is 0.637. The highest BCUT2D eigenvalue weighted by Crippen LogP contribution is 2.36. The molecule has 3 heterocycles. The second-order valence-corrected chi connectivity index (χ2v) is 6.66. The third-order valence-corrected chi connectivity index (χ3v) is 5.24. The van der Waals surface area contributed by atoms with Crippen LogP contribution in [0.1, 0.15) is 17.0 Å². The molecule has 0 unspecified atom stereocenters. The number of fused-ring (bicyclic) bond motifs is 2. The molecule has 4 rings (SSSR count). The number of alkyl halides is 3. The fourth-order valence-electron chi connectivity index (χ4n) is 3.07. The van der Waals surface area contributed by atoms with Gasteiger partial charge in [-0.25, -0.2) is 4.98 Å². The van der Waals surface area contributed by atoms with E-state index in [1.807, 2.05) is 0 Å². The molecule has 0 atom stereocenters. The molecule has 2 aromatic heterocycles. The fourth-order valence-corrected chi connectivity index (χ4v) is 3.56. The van der Waals surface area contributed by atoms with Gasteiger partial charge >= 0.3 is 6.18 Å². The Bertz CT molecular complexity index is 1040. The van der Waals surface area contributed by atoms with Gasteiger partial charge in [-0.2, -0.15) is 13.2 Å². The van der Waals surface area contributed by atoms with Crippen LogP contribution >= 0.6 is 15.9 Å². The summed E-state index contributed by atoms with van der Waals surface area (Å²) in [7, 11) is 0. The Balaban J connectivity index is 1.97. The van der Waals surface area contributed by atoms with Gasteiger partial charge in [0.25, 0.3) is 0 Å². The van der Waals surface area contributed by atoms with E-state index in [0.717, 1.165) is 23.0 Å². The van der Waals surface area contributed by atoms with Crippen molar-refractivity contribution in [2.45, 2.75) is 19.5 Å². The van der Waals surface area contributed by atoms with Crippen LogP contribution in [-0.4, -0.2) is 15.5 Å². The lowest BCUT2D eigenvalue weighted by atomic mass is 10.1. The lowest BCUT2D eigenvalue weighted by Crippen LogP contribution is -2.08. The van der Waals surface area contributed by atoms with Crippen molar-refractivity contribution in [3.63, 3.8) is 0 Å². The molecular weight excluding hydrogens is 399 g/mol. The van der Waals surface area contributed by atoms with E-state index in [1.54, 1.807) is 29.7 Å². The van der Waals surface area contributed by atoms with Gasteiger partial charge in [-0.05, 0) is 58.7 Å². The molecule has 8 heteroatoms. The molecular formula is C17H11BrF3N3O. The largest absolute Gasteiger partial charge is 0.433 e. The van der Waals surface area contributed by atoms with Crippen LogP contribution in [-0.2, 0) is 17.4 Å². The highest BCUT2D eigenvalue weighted by molar-refractivity contribution is 9.10. The van der Waals surface area contributed by atoms with Gasteiger partial charge in [0.2, 0.25) is 5.91 Å². The number of nitrogens with zero attached hydrogens (tertiary/aromatic N) is 2. The van der Waals surface area contributed by atoms with Gasteiger partial charge in [0.05, 0.1) is 6.42 Å². The zero-order valence-electron chi connectivity index (χ0n) is 12.9. The molecule has 0 aliphatic carbocycles. The Morgan fingerprint density at radius 1 is 1.24 bits per heavy atom. The summed E-state index contributed by atoms with van der Waals surface area (Å²) in [5, 5.41) is 3.34. The average Bonchev–Trinajstić information content (AvgIpc) is 3.03. The number of carbonyl (C=O) groups excluding carboxylic acids is 1. The van der Waals surface area contributed by atoms with E-state index < -0.39 is 11.9 Å². The van der Waals surface area contributed by atoms with Crippen molar-refractivity contribution in [2.24, 2.45) is 0 Å². The van der Waals surface area contributed by atoms with Crippen LogP contribution in [0.5, 0.6) is 0 Å². The molecule has 0 radical (unpaired) electrons. The maximum absolute atomic E-state index is 13.1. The van der Waals surface area contributed by atoms with Crippen LogP contribution < -0.4 is 5.32 Å². The van der Waals surface area contributed by atoms with Crippen molar-refractivity contribution in [1.82, 2.24) is 9.55 Å². The number of benzene rings is 1. The zero-order chi connectivity index (χ0) is 17.9. The highest BCUT2D eigenvalue weighted by Gasteiger charge is 2.33. The normalized spacial score (nSPS) is 14.0. The number of aromatic nitrogens is 2. The van der Waals surface area contributed by atoms with E-state index in [4.69, 9.17) is 0 Å². The van der Waals surface area contributed by atoms with Crippen molar-refractivity contribution < 1.29 is 18.0 Å². The Labute approximate surface area is 148 Å².